The number of methoxy groups -OCH3 is 1. The molecule has 166 valence electrons. The summed E-state index contributed by atoms with van der Waals surface area (Å²) in [6.07, 6.45) is 3.71. The van der Waals surface area contributed by atoms with E-state index in [0.29, 0.717) is 27.9 Å². The van der Waals surface area contributed by atoms with Gasteiger partial charge in [-0.1, -0.05) is 19.4 Å². The molecule has 2 amide bonds. The SMILES string of the molecule is CC[C@H]1CCc2c(sc(NC(=O)COCC(=O)O)c2C(=O)Nc2cccc(OC)c2)C1. The normalized spacial score (nSPS) is 15.1. The lowest BCUT2D eigenvalue weighted by molar-refractivity contribution is -0.143. The van der Waals surface area contributed by atoms with Crippen LogP contribution in [0.4, 0.5) is 10.7 Å². The number of carboxylic acid groups (broad SMARTS) is 1. The molecule has 9 heteroatoms. The van der Waals surface area contributed by atoms with Gasteiger partial charge in [-0.25, -0.2) is 4.79 Å². The van der Waals surface area contributed by atoms with E-state index in [0.717, 1.165) is 36.1 Å². The van der Waals surface area contributed by atoms with Gasteiger partial charge < -0.3 is 25.2 Å². The van der Waals surface area contributed by atoms with E-state index >= 15 is 0 Å². The molecule has 0 radical (unpaired) electrons. The number of hydrogen-bond acceptors (Lipinski definition) is 6. The van der Waals surface area contributed by atoms with Gasteiger partial charge in [0, 0.05) is 16.6 Å². The fourth-order valence-corrected chi connectivity index (χ4v) is 4.99. The third kappa shape index (κ3) is 5.83. The van der Waals surface area contributed by atoms with Crippen molar-refractivity contribution >= 4 is 39.8 Å². The number of carboxylic acids is 1. The Morgan fingerprint density at radius 3 is 2.74 bits per heavy atom. The lowest BCUT2D eigenvalue weighted by atomic mass is 9.85. The van der Waals surface area contributed by atoms with Gasteiger partial charge in [0.15, 0.2) is 0 Å². The Balaban J connectivity index is 1.84. The Bertz CT molecular complexity index is 971. The van der Waals surface area contributed by atoms with Crippen molar-refractivity contribution in [1.29, 1.82) is 0 Å². The first-order valence-electron chi connectivity index (χ1n) is 10.1. The van der Waals surface area contributed by atoms with Crippen LogP contribution in [0.15, 0.2) is 24.3 Å². The van der Waals surface area contributed by atoms with Crippen molar-refractivity contribution in [2.45, 2.75) is 32.6 Å². The number of thiophene rings is 1. The van der Waals surface area contributed by atoms with Crippen molar-refractivity contribution in [3.05, 3.63) is 40.3 Å². The van der Waals surface area contributed by atoms with E-state index < -0.39 is 25.1 Å². The van der Waals surface area contributed by atoms with E-state index in [1.165, 1.54) is 11.3 Å². The molecule has 0 saturated heterocycles. The quantitative estimate of drug-likeness (QED) is 0.543. The van der Waals surface area contributed by atoms with Crippen LogP contribution in [0.2, 0.25) is 0 Å². The average molecular weight is 447 g/mol. The zero-order valence-corrected chi connectivity index (χ0v) is 18.3. The zero-order chi connectivity index (χ0) is 22.4. The summed E-state index contributed by atoms with van der Waals surface area (Å²) in [5.41, 5.74) is 2.02. The summed E-state index contributed by atoms with van der Waals surface area (Å²) < 4.78 is 10.1. The van der Waals surface area contributed by atoms with Crippen LogP contribution in [-0.4, -0.2) is 43.2 Å². The minimum Gasteiger partial charge on any atom is -0.497 e. The van der Waals surface area contributed by atoms with Crippen LogP contribution in [0.1, 0.15) is 40.6 Å². The lowest BCUT2D eigenvalue weighted by Crippen LogP contribution is -2.23. The van der Waals surface area contributed by atoms with Gasteiger partial charge in [0.1, 0.15) is 24.0 Å². The molecular formula is C22H26N2O6S. The van der Waals surface area contributed by atoms with Crippen LogP contribution in [-0.2, 0) is 27.2 Å². The number of rotatable bonds is 9. The summed E-state index contributed by atoms with van der Waals surface area (Å²) in [4.78, 5) is 37.2. The first-order valence-corrected chi connectivity index (χ1v) is 10.9. The van der Waals surface area contributed by atoms with Crippen molar-refractivity contribution in [1.82, 2.24) is 0 Å². The van der Waals surface area contributed by atoms with Gasteiger partial charge in [0.25, 0.3) is 11.8 Å². The summed E-state index contributed by atoms with van der Waals surface area (Å²) >= 11 is 1.41. The average Bonchev–Trinajstić information content (AvgIpc) is 3.10. The van der Waals surface area contributed by atoms with Crippen molar-refractivity contribution in [3.63, 3.8) is 0 Å². The van der Waals surface area contributed by atoms with Crippen LogP contribution < -0.4 is 15.4 Å². The van der Waals surface area contributed by atoms with E-state index in [-0.39, 0.29) is 5.91 Å². The Morgan fingerprint density at radius 1 is 1.23 bits per heavy atom. The predicted molar refractivity (Wildman–Crippen MR) is 118 cm³/mol. The Kier molecular flexibility index (Phi) is 7.64. The molecular weight excluding hydrogens is 420 g/mol. The minimum atomic E-state index is -1.15. The molecule has 3 N–H and O–H groups in total. The Morgan fingerprint density at radius 2 is 2.03 bits per heavy atom. The van der Waals surface area contributed by atoms with Crippen molar-refractivity contribution in [3.8, 4) is 5.75 Å². The van der Waals surface area contributed by atoms with Gasteiger partial charge in [-0.15, -0.1) is 11.3 Å². The first-order chi connectivity index (χ1) is 14.9. The summed E-state index contributed by atoms with van der Waals surface area (Å²) in [6, 6.07) is 7.06. The number of aliphatic carboxylic acids is 1. The summed E-state index contributed by atoms with van der Waals surface area (Å²) in [6.45, 7) is 1.20. The van der Waals surface area contributed by atoms with Gasteiger partial charge >= 0.3 is 5.97 Å². The second kappa shape index (κ2) is 10.4. The number of benzene rings is 1. The summed E-state index contributed by atoms with van der Waals surface area (Å²) in [5.74, 6) is -0.768. The van der Waals surface area contributed by atoms with E-state index in [1.54, 1.807) is 31.4 Å². The number of amides is 2. The van der Waals surface area contributed by atoms with E-state index in [2.05, 4.69) is 17.6 Å². The molecule has 1 aromatic carbocycles. The van der Waals surface area contributed by atoms with E-state index in [1.807, 2.05) is 0 Å². The molecule has 1 atom stereocenters. The van der Waals surface area contributed by atoms with Gasteiger partial charge in [-0.05, 0) is 42.9 Å². The van der Waals surface area contributed by atoms with Crippen molar-refractivity contribution in [2.75, 3.05) is 31.0 Å². The molecule has 0 aliphatic heterocycles. The fraction of sp³-hybridized carbons (Fsp3) is 0.409. The molecule has 2 aromatic rings. The monoisotopic (exact) mass is 446 g/mol. The van der Waals surface area contributed by atoms with Crippen LogP contribution in [0, 0.1) is 5.92 Å². The third-order valence-corrected chi connectivity index (χ3v) is 6.38. The van der Waals surface area contributed by atoms with Crippen molar-refractivity contribution < 1.29 is 29.0 Å². The number of hydrogen-bond donors (Lipinski definition) is 3. The molecule has 1 aromatic heterocycles. The minimum absolute atomic E-state index is 0.303. The van der Waals surface area contributed by atoms with Crippen LogP contribution in [0.3, 0.4) is 0 Å². The second-order valence-corrected chi connectivity index (χ2v) is 8.45. The molecule has 1 heterocycles. The molecule has 1 aliphatic carbocycles. The number of carbonyl (C=O) groups is 3. The summed E-state index contributed by atoms with van der Waals surface area (Å²) in [7, 11) is 1.56. The first kappa shape index (κ1) is 22.8. The van der Waals surface area contributed by atoms with Gasteiger partial charge in [0.05, 0.1) is 12.7 Å². The topological polar surface area (TPSA) is 114 Å². The van der Waals surface area contributed by atoms with E-state index in [4.69, 9.17) is 14.6 Å². The second-order valence-electron chi connectivity index (χ2n) is 7.35. The van der Waals surface area contributed by atoms with Gasteiger partial charge in [-0.2, -0.15) is 0 Å². The number of fused-ring (bicyclic) bond motifs is 1. The largest absolute Gasteiger partial charge is 0.497 e. The van der Waals surface area contributed by atoms with Gasteiger partial charge in [-0.3, -0.25) is 9.59 Å². The highest BCUT2D eigenvalue weighted by molar-refractivity contribution is 7.17. The Hall–Kier alpha value is -2.91. The zero-order valence-electron chi connectivity index (χ0n) is 17.5. The fourth-order valence-electron chi connectivity index (χ4n) is 3.62. The molecule has 3 rings (SSSR count). The highest BCUT2D eigenvalue weighted by Crippen LogP contribution is 2.40. The maximum absolute atomic E-state index is 13.2. The maximum Gasteiger partial charge on any atom is 0.329 e. The van der Waals surface area contributed by atoms with Crippen LogP contribution in [0.25, 0.3) is 0 Å². The molecule has 0 unspecified atom stereocenters. The highest BCUT2D eigenvalue weighted by Gasteiger charge is 2.29. The highest BCUT2D eigenvalue weighted by atomic mass is 32.1. The lowest BCUT2D eigenvalue weighted by Gasteiger charge is -2.21. The Labute approximate surface area is 184 Å². The molecule has 1 aliphatic rings. The number of ether oxygens (including phenoxy) is 2. The third-order valence-electron chi connectivity index (χ3n) is 5.21. The smallest absolute Gasteiger partial charge is 0.329 e. The van der Waals surface area contributed by atoms with E-state index in [9.17, 15) is 14.4 Å². The molecule has 0 spiro atoms. The standard InChI is InChI=1S/C22H26N2O6S/c1-3-13-7-8-16-17(9-13)31-22(24-18(25)11-30-12-19(26)27)20(16)21(28)23-14-5-4-6-15(10-14)29-2/h4-6,10,13H,3,7-9,11-12H2,1-2H3,(H,23,28)(H,24,25)(H,26,27)/t13-/m0/s1. The molecule has 0 bridgehead atoms. The summed E-state index contributed by atoms with van der Waals surface area (Å²) in [5, 5.41) is 14.7. The van der Waals surface area contributed by atoms with Crippen LogP contribution >= 0.6 is 11.3 Å². The van der Waals surface area contributed by atoms with Gasteiger partial charge in [0.2, 0.25) is 0 Å². The predicted octanol–water partition coefficient (Wildman–Crippen LogP) is 3.56. The maximum atomic E-state index is 13.2. The molecule has 0 saturated carbocycles. The molecule has 0 fully saturated rings. The number of carbonyl (C=O) groups excluding carboxylic acids is 2. The molecule has 31 heavy (non-hydrogen) atoms. The van der Waals surface area contributed by atoms with Crippen LogP contribution in [0.5, 0.6) is 5.75 Å². The van der Waals surface area contributed by atoms with Crippen molar-refractivity contribution in [2.24, 2.45) is 5.92 Å². The molecule has 8 nitrogen and oxygen atoms in total. The number of nitrogens with one attached hydrogen (secondary N) is 2. The number of anilines is 2.